The highest BCUT2D eigenvalue weighted by molar-refractivity contribution is 7.99. The van der Waals surface area contributed by atoms with E-state index in [0.717, 1.165) is 0 Å². The van der Waals surface area contributed by atoms with Crippen LogP contribution in [0.15, 0.2) is 23.6 Å². The van der Waals surface area contributed by atoms with Gasteiger partial charge in [0.2, 0.25) is 11.8 Å². The van der Waals surface area contributed by atoms with E-state index in [9.17, 15) is 18.0 Å². The lowest BCUT2D eigenvalue weighted by molar-refractivity contribution is -0.129. The average Bonchev–Trinajstić information content (AvgIpc) is 2.60. The van der Waals surface area contributed by atoms with Gasteiger partial charge in [-0.15, -0.1) is 0 Å². The van der Waals surface area contributed by atoms with Crippen molar-refractivity contribution in [2.24, 2.45) is 0 Å². The third-order valence-corrected chi connectivity index (χ3v) is 6.79. The molecule has 2 rings (SSSR count). The van der Waals surface area contributed by atoms with E-state index in [2.05, 4.69) is 15.3 Å². The van der Waals surface area contributed by atoms with Gasteiger partial charge in [-0.05, 0) is 18.9 Å². The minimum absolute atomic E-state index is 0.0606. The summed E-state index contributed by atoms with van der Waals surface area (Å²) in [6.07, 6.45) is 3.94. The van der Waals surface area contributed by atoms with Crippen molar-refractivity contribution in [1.29, 1.82) is 0 Å². The van der Waals surface area contributed by atoms with Crippen LogP contribution in [0, 0.1) is 0 Å². The highest BCUT2D eigenvalue weighted by Gasteiger charge is 2.32. The maximum Gasteiger partial charge on any atom is 0.234 e. The molecule has 10 heteroatoms. The monoisotopic (exact) mass is 372 g/mol. The molecular weight excluding hydrogens is 352 g/mol. The highest BCUT2D eigenvalue weighted by Crippen LogP contribution is 2.20. The molecule has 0 radical (unpaired) electrons. The summed E-state index contributed by atoms with van der Waals surface area (Å²) in [4.78, 5) is 33.2. The quantitative estimate of drug-likeness (QED) is 0.540. The standard InChI is InChI=1S/C14H20N4O4S2/c1-15-12(19)10-24(21,22)11-3-7-18(8-4-11)13(20)9-23-14-16-5-2-6-17-14/h2,5-6,11H,3-4,7-10H2,1H3,(H,15,19). The predicted octanol–water partition coefficient (Wildman–Crippen LogP) is -0.279. The van der Waals surface area contributed by atoms with Crippen molar-refractivity contribution in [2.45, 2.75) is 23.2 Å². The topological polar surface area (TPSA) is 109 Å². The number of piperidine rings is 1. The van der Waals surface area contributed by atoms with Crippen molar-refractivity contribution >= 4 is 33.4 Å². The molecule has 8 nitrogen and oxygen atoms in total. The van der Waals surface area contributed by atoms with Crippen LogP contribution in [0.25, 0.3) is 0 Å². The van der Waals surface area contributed by atoms with E-state index < -0.39 is 26.7 Å². The van der Waals surface area contributed by atoms with E-state index in [0.29, 0.717) is 31.1 Å². The Morgan fingerprint density at radius 3 is 2.50 bits per heavy atom. The van der Waals surface area contributed by atoms with Gasteiger partial charge in [-0.3, -0.25) is 9.59 Å². The Morgan fingerprint density at radius 1 is 1.29 bits per heavy atom. The van der Waals surface area contributed by atoms with Gasteiger partial charge in [-0.1, -0.05) is 11.8 Å². The zero-order valence-electron chi connectivity index (χ0n) is 13.3. The summed E-state index contributed by atoms with van der Waals surface area (Å²) in [6, 6.07) is 1.70. The molecule has 0 bridgehead atoms. The SMILES string of the molecule is CNC(=O)CS(=O)(=O)C1CCN(C(=O)CSc2ncccn2)CC1. The molecule has 0 saturated carbocycles. The fourth-order valence-electron chi connectivity index (χ4n) is 2.41. The Labute approximate surface area is 145 Å². The van der Waals surface area contributed by atoms with E-state index in [4.69, 9.17) is 0 Å². The van der Waals surface area contributed by atoms with Gasteiger partial charge in [-0.2, -0.15) is 0 Å². The van der Waals surface area contributed by atoms with Crippen molar-refractivity contribution in [3.8, 4) is 0 Å². The summed E-state index contributed by atoms with van der Waals surface area (Å²) in [5.41, 5.74) is 0. The molecule has 0 atom stereocenters. The normalized spacial score (nSPS) is 16.0. The molecule has 1 aromatic rings. The first-order valence-electron chi connectivity index (χ1n) is 7.52. The largest absolute Gasteiger partial charge is 0.358 e. The summed E-state index contributed by atoms with van der Waals surface area (Å²) >= 11 is 1.26. The number of sulfone groups is 1. The number of nitrogens with zero attached hydrogens (tertiary/aromatic N) is 3. The second-order valence-electron chi connectivity index (χ2n) is 5.38. The zero-order chi connectivity index (χ0) is 17.6. The van der Waals surface area contributed by atoms with Crippen molar-refractivity contribution in [1.82, 2.24) is 20.2 Å². The molecule has 1 saturated heterocycles. The van der Waals surface area contributed by atoms with Crippen molar-refractivity contribution < 1.29 is 18.0 Å². The molecule has 24 heavy (non-hydrogen) atoms. The Hall–Kier alpha value is -1.68. The molecule has 2 amide bonds. The van der Waals surface area contributed by atoms with E-state index >= 15 is 0 Å². The maximum absolute atomic E-state index is 12.2. The van der Waals surface area contributed by atoms with E-state index in [1.165, 1.54) is 18.8 Å². The first-order valence-corrected chi connectivity index (χ1v) is 10.2. The van der Waals surface area contributed by atoms with Crippen molar-refractivity contribution in [3.05, 3.63) is 18.5 Å². The number of aromatic nitrogens is 2. The lowest BCUT2D eigenvalue weighted by atomic mass is 10.1. The molecule has 1 fully saturated rings. The van der Waals surface area contributed by atoms with Gasteiger partial charge >= 0.3 is 0 Å². The first kappa shape index (κ1) is 18.7. The van der Waals surface area contributed by atoms with Crippen LogP contribution in [-0.2, 0) is 19.4 Å². The summed E-state index contributed by atoms with van der Waals surface area (Å²) in [6.45, 7) is 0.763. The highest BCUT2D eigenvalue weighted by atomic mass is 32.2. The smallest absolute Gasteiger partial charge is 0.234 e. The molecule has 132 valence electrons. The maximum atomic E-state index is 12.2. The van der Waals surface area contributed by atoms with Crippen LogP contribution in [0.3, 0.4) is 0 Å². The first-order chi connectivity index (χ1) is 11.4. The minimum atomic E-state index is -3.47. The summed E-state index contributed by atoms with van der Waals surface area (Å²) in [5, 5.41) is 2.29. The second kappa shape index (κ2) is 8.43. The van der Waals surface area contributed by atoms with Gasteiger partial charge < -0.3 is 10.2 Å². The Bertz CT molecular complexity index is 673. The number of carbonyl (C=O) groups is 2. The van der Waals surface area contributed by atoms with Gasteiger partial charge in [-0.25, -0.2) is 18.4 Å². The van der Waals surface area contributed by atoms with E-state index in [-0.39, 0.29) is 11.7 Å². The van der Waals surface area contributed by atoms with E-state index in [1.54, 1.807) is 23.4 Å². The summed E-state index contributed by atoms with van der Waals surface area (Å²) in [5.74, 6) is -0.842. The Morgan fingerprint density at radius 2 is 1.92 bits per heavy atom. The van der Waals surface area contributed by atoms with Crippen LogP contribution < -0.4 is 5.32 Å². The predicted molar refractivity (Wildman–Crippen MR) is 90.2 cm³/mol. The zero-order valence-corrected chi connectivity index (χ0v) is 15.0. The van der Waals surface area contributed by atoms with Crippen molar-refractivity contribution in [3.63, 3.8) is 0 Å². The lowest BCUT2D eigenvalue weighted by Crippen LogP contribution is -2.44. The molecule has 0 aliphatic carbocycles. The molecule has 1 N–H and O–H groups in total. The fourth-order valence-corrected chi connectivity index (χ4v) is 4.80. The number of likely N-dealkylation sites (tertiary alicyclic amines) is 1. The molecule has 2 heterocycles. The number of carbonyl (C=O) groups excluding carboxylic acids is 2. The van der Waals surface area contributed by atoms with Gasteiger partial charge in [0.1, 0.15) is 5.75 Å². The molecule has 0 aromatic carbocycles. The van der Waals surface area contributed by atoms with Crippen LogP contribution in [0.5, 0.6) is 0 Å². The molecular formula is C14H20N4O4S2. The molecule has 1 aliphatic heterocycles. The number of nitrogens with one attached hydrogen (secondary N) is 1. The fraction of sp³-hybridized carbons (Fsp3) is 0.571. The summed E-state index contributed by atoms with van der Waals surface area (Å²) < 4.78 is 24.3. The van der Waals surface area contributed by atoms with Crippen LogP contribution in [0.4, 0.5) is 0 Å². The molecule has 0 unspecified atom stereocenters. The lowest BCUT2D eigenvalue weighted by Gasteiger charge is -2.31. The Balaban J connectivity index is 1.81. The molecule has 1 aromatic heterocycles. The van der Waals surface area contributed by atoms with Crippen LogP contribution in [0.1, 0.15) is 12.8 Å². The third-order valence-electron chi connectivity index (χ3n) is 3.78. The average molecular weight is 372 g/mol. The number of amides is 2. The van der Waals surface area contributed by atoms with Gasteiger partial charge in [0.05, 0.1) is 11.0 Å². The number of hydrogen-bond acceptors (Lipinski definition) is 7. The van der Waals surface area contributed by atoms with Gasteiger partial charge in [0.25, 0.3) is 0 Å². The minimum Gasteiger partial charge on any atom is -0.358 e. The van der Waals surface area contributed by atoms with Gasteiger partial charge in [0.15, 0.2) is 15.0 Å². The van der Waals surface area contributed by atoms with Crippen LogP contribution in [-0.4, -0.2) is 72.0 Å². The van der Waals surface area contributed by atoms with Crippen LogP contribution in [0.2, 0.25) is 0 Å². The Kier molecular flexibility index (Phi) is 6.55. The van der Waals surface area contributed by atoms with Gasteiger partial charge in [0, 0.05) is 32.5 Å². The number of thioether (sulfide) groups is 1. The second-order valence-corrected chi connectivity index (χ2v) is 8.60. The number of hydrogen-bond donors (Lipinski definition) is 1. The third kappa shape index (κ3) is 5.17. The van der Waals surface area contributed by atoms with Crippen LogP contribution >= 0.6 is 11.8 Å². The van der Waals surface area contributed by atoms with Crippen molar-refractivity contribution in [2.75, 3.05) is 31.6 Å². The molecule has 0 spiro atoms. The molecule has 1 aliphatic rings. The summed E-state index contributed by atoms with van der Waals surface area (Å²) in [7, 11) is -2.06. The number of rotatable bonds is 6. The van der Waals surface area contributed by atoms with E-state index in [1.807, 2.05) is 0 Å².